The number of nitrogens with zero attached hydrogens (tertiary/aromatic N) is 3. The first kappa shape index (κ1) is 19.6. The van der Waals surface area contributed by atoms with Crippen LogP contribution in [0.5, 0.6) is 0 Å². The maximum Gasteiger partial charge on any atom is 0.230 e. The average Bonchev–Trinajstić information content (AvgIpc) is 3.10. The number of benzene rings is 2. The number of hydrogen-bond donors (Lipinski definition) is 1. The smallest absolute Gasteiger partial charge is 0.230 e. The van der Waals surface area contributed by atoms with E-state index in [1.165, 1.54) is 11.8 Å². The van der Waals surface area contributed by atoms with Gasteiger partial charge in [-0.3, -0.25) is 4.79 Å². The number of hydrogen-bond acceptors (Lipinski definition) is 4. The summed E-state index contributed by atoms with van der Waals surface area (Å²) in [7, 11) is 0. The monoisotopic (exact) mass is 444 g/mol. The Labute approximate surface area is 171 Å². The molecule has 2 aromatic carbocycles. The predicted molar refractivity (Wildman–Crippen MR) is 113 cm³/mol. The zero-order valence-corrected chi connectivity index (χ0v) is 17.6. The second-order valence-corrected chi connectivity index (χ2v) is 7.91. The summed E-state index contributed by atoms with van der Waals surface area (Å²) in [5, 5.41) is 12.4. The highest BCUT2D eigenvalue weighted by molar-refractivity contribution is 9.10. The minimum absolute atomic E-state index is 0.0222. The van der Waals surface area contributed by atoms with Crippen LogP contribution >= 0.6 is 27.7 Å². The molecule has 3 aromatic rings. The van der Waals surface area contributed by atoms with Gasteiger partial charge in [-0.25, -0.2) is 0 Å². The third-order valence-electron chi connectivity index (χ3n) is 4.13. The standard InChI is InChI=1S/C20H21BrN4OS/c1-3-25-19(16-10-7-11-17(21)12-16)23-24-20(25)27-13-18(26)22-14(2)15-8-5-4-6-9-15/h4-12,14H,3,13H2,1-2H3,(H,22,26). The van der Waals surface area contributed by atoms with Gasteiger partial charge in [0.15, 0.2) is 11.0 Å². The first-order chi connectivity index (χ1) is 13.1. The van der Waals surface area contributed by atoms with Crippen molar-refractivity contribution in [1.29, 1.82) is 0 Å². The number of rotatable bonds is 7. The molecular formula is C20H21BrN4OS. The molecule has 1 atom stereocenters. The van der Waals surface area contributed by atoms with E-state index >= 15 is 0 Å². The van der Waals surface area contributed by atoms with Gasteiger partial charge in [0, 0.05) is 16.6 Å². The van der Waals surface area contributed by atoms with Crippen LogP contribution in [0.3, 0.4) is 0 Å². The lowest BCUT2D eigenvalue weighted by molar-refractivity contribution is -0.119. The van der Waals surface area contributed by atoms with Crippen molar-refractivity contribution >= 4 is 33.6 Å². The summed E-state index contributed by atoms with van der Waals surface area (Å²) in [6.45, 7) is 4.77. The van der Waals surface area contributed by atoms with Gasteiger partial charge in [-0.1, -0.05) is 70.2 Å². The Hall–Kier alpha value is -2.12. The largest absolute Gasteiger partial charge is 0.349 e. The number of carbonyl (C=O) groups is 1. The molecule has 0 bridgehead atoms. The minimum Gasteiger partial charge on any atom is -0.349 e. The lowest BCUT2D eigenvalue weighted by Gasteiger charge is -2.14. The van der Waals surface area contributed by atoms with E-state index in [4.69, 9.17) is 0 Å². The lowest BCUT2D eigenvalue weighted by atomic mass is 10.1. The Morgan fingerprint density at radius 3 is 2.67 bits per heavy atom. The van der Waals surface area contributed by atoms with Crippen LogP contribution in [0, 0.1) is 0 Å². The molecule has 3 rings (SSSR count). The van der Waals surface area contributed by atoms with E-state index in [0.29, 0.717) is 5.75 Å². The Kier molecular flexibility index (Phi) is 6.68. The zero-order valence-electron chi connectivity index (χ0n) is 15.2. The number of nitrogens with one attached hydrogen (secondary N) is 1. The molecular weight excluding hydrogens is 424 g/mol. The molecule has 1 aromatic heterocycles. The molecule has 0 spiro atoms. The summed E-state index contributed by atoms with van der Waals surface area (Å²) in [5.74, 6) is 1.08. The Bertz CT molecular complexity index is 913. The van der Waals surface area contributed by atoms with Gasteiger partial charge in [-0.15, -0.1) is 10.2 Å². The Morgan fingerprint density at radius 1 is 1.19 bits per heavy atom. The highest BCUT2D eigenvalue weighted by Gasteiger charge is 2.16. The van der Waals surface area contributed by atoms with Gasteiger partial charge in [0.2, 0.25) is 5.91 Å². The zero-order chi connectivity index (χ0) is 19.2. The van der Waals surface area contributed by atoms with Gasteiger partial charge >= 0.3 is 0 Å². The SMILES string of the molecule is CCn1c(SCC(=O)NC(C)c2ccccc2)nnc1-c1cccc(Br)c1. The van der Waals surface area contributed by atoms with E-state index in [2.05, 4.69) is 31.4 Å². The van der Waals surface area contributed by atoms with E-state index in [1.54, 1.807) is 0 Å². The van der Waals surface area contributed by atoms with Crippen molar-refractivity contribution in [2.24, 2.45) is 0 Å². The number of thioether (sulfide) groups is 1. The van der Waals surface area contributed by atoms with Crippen LogP contribution in [-0.2, 0) is 11.3 Å². The van der Waals surface area contributed by atoms with Crippen LogP contribution in [0.1, 0.15) is 25.5 Å². The molecule has 0 radical (unpaired) electrons. The first-order valence-electron chi connectivity index (χ1n) is 8.74. The summed E-state index contributed by atoms with van der Waals surface area (Å²) < 4.78 is 3.02. The molecule has 27 heavy (non-hydrogen) atoms. The van der Waals surface area contributed by atoms with Crippen LogP contribution in [0.15, 0.2) is 64.2 Å². The van der Waals surface area contributed by atoms with Gasteiger partial charge in [0.1, 0.15) is 0 Å². The van der Waals surface area contributed by atoms with Crippen molar-refractivity contribution in [3.05, 3.63) is 64.6 Å². The number of halogens is 1. The van der Waals surface area contributed by atoms with Crippen LogP contribution in [-0.4, -0.2) is 26.4 Å². The van der Waals surface area contributed by atoms with Crippen molar-refractivity contribution in [2.75, 3.05) is 5.75 Å². The molecule has 0 saturated carbocycles. The van der Waals surface area contributed by atoms with Crippen molar-refractivity contribution in [2.45, 2.75) is 31.6 Å². The fourth-order valence-electron chi connectivity index (χ4n) is 2.76. The maximum absolute atomic E-state index is 12.3. The average molecular weight is 445 g/mol. The summed E-state index contributed by atoms with van der Waals surface area (Å²) in [6, 6.07) is 17.9. The van der Waals surface area contributed by atoms with Gasteiger partial charge in [-0.2, -0.15) is 0 Å². The van der Waals surface area contributed by atoms with Crippen molar-refractivity contribution < 1.29 is 4.79 Å². The lowest BCUT2D eigenvalue weighted by Crippen LogP contribution is -2.28. The molecule has 0 saturated heterocycles. The van der Waals surface area contributed by atoms with Gasteiger partial charge in [-0.05, 0) is 31.5 Å². The van der Waals surface area contributed by atoms with E-state index in [1.807, 2.05) is 73.0 Å². The molecule has 0 fully saturated rings. The molecule has 1 unspecified atom stereocenters. The molecule has 7 heteroatoms. The van der Waals surface area contributed by atoms with Crippen LogP contribution < -0.4 is 5.32 Å². The minimum atomic E-state index is -0.0272. The number of carbonyl (C=O) groups excluding carboxylic acids is 1. The second-order valence-electron chi connectivity index (χ2n) is 6.05. The summed E-state index contributed by atoms with van der Waals surface area (Å²) in [5.41, 5.74) is 2.08. The summed E-state index contributed by atoms with van der Waals surface area (Å²) >= 11 is 4.89. The van der Waals surface area contributed by atoms with Crippen molar-refractivity contribution in [1.82, 2.24) is 20.1 Å². The molecule has 1 amide bonds. The molecule has 1 N–H and O–H groups in total. The summed E-state index contributed by atoms with van der Waals surface area (Å²) in [6.07, 6.45) is 0. The van der Waals surface area contributed by atoms with Crippen LogP contribution in [0.2, 0.25) is 0 Å². The highest BCUT2D eigenvalue weighted by Crippen LogP contribution is 2.26. The highest BCUT2D eigenvalue weighted by atomic mass is 79.9. The molecule has 5 nitrogen and oxygen atoms in total. The van der Waals surface area contributed by atoms with E-state index in [9.17, 15) is 4.79 Å². The second kappa shape index (κ2) is 9.19. The van der Waals surface area contributed by atoms with Gasteiger partial charge in [0.05, 0.1) is 11.8 Å². The molecule has 0 aliphatic rings. The van der Waals surface area contributed by atoms with E-state index < -0.39 is 0 Å². The maximum atomic E-state index is 12.3. The van der Waals surface area contributed by atoms with Gasteiger partial charge in [0.25, 0.3) is 0 Å². The Balaban J connectivity index is 1.65. The molecule has 0 aliphatic carbocycles. The number of aromatic nitrogens is 3. The molecule has 0 aliphatic heterocycles. The molecule has 140 valence electrons. The predicted octanol–water partition coefficient (Wildman–Crippen LogP) is 4.70. The van der Waals surface area contributed by atoms with E-state index in [-0.39, 0.29) is 11.9 Å². The Morgan fingerprint density at radius 2 is 1.96 bits per heavy atom. The normalized spacial score (nSPS) is 12.0. The van der Waals surface area contributed by atoms with Gasteiger partial charge < -0.3 is 9.88 Å². The van der Waals surface area contributed by atoms with Crippen LogP contribution in [0.25, 0.3) is 11.4 Å². The fourth-order valence-corrected chi connectivity index (χ4v) is 3.97. The summed E-state index contributed by atoms with van der Waals surface area (Å²) in [4.78, 5) is 12.3. The number of amides is 1. The first-order valence-corrected chi connectivity index (χ1v) is 10.5. The fraction of sp³-hybridized carbons (Fsp3) is 0.250. The van der Waals surface area contributed by atoms with Crippen molar-refractivity contribution in [3.8, 4) is 11.4 Å². The third-order valence-corrected chi connectivity index (χ3v) is 5.59. The van der Waals surface area contributed by atoms with E-state index in [0.717, 1.165) is 33.1 Å². The topological polar surface area (TPSA) is 59.8 Å². The third kappa shape index (κ3) is 4.99. The quantitative estimate of drug-likeness (QED) is 0.536. The van der Waals surface area contributed by atoms with Crippen molar-refractivity contribution in [3.63, 3.8) is 0 Å². The molecule has 1 heterocycles. The van der Waals surface area contributed by atoms with Crippen LogP contribution in [0.4, 0.5) is 0 Å².